The molecule has 0 fully saturated rings. The molecular formula is C18H16ClFN4OS. The number of nitrogens with one attached hydrogen (secondary N) is 1. The summed E-state index contributed by atoms with van der Waals surface area (Å²) in [4.78, 5) is 12.1. The third-order valence-corrected chi connectivity index (χ3v) is 4.83. The molecule has 0 bridgehead atoms. The molecule has 0 aliphatic heterocycles. The van der Waals surface area contributed by atoms with Crippen molar-refractivity contribution in [1.29, 1.82) is 0 Å². The molecule has 8 heteroatoms. The summed E-state index contributed by atoms with van der Waals surface area (Å²) in [6, 6.07) is 13.3. The number of carbonyl (C=O) groups excluding carboxylic acids is 1. The zero-order valence-electron chi connectivity index (χ0n) is 13.9. The Morgan fingerprint density at radius 1 is 1.19 bits per heavy atom. The van der Waals surface area contributed by atoms with Gasteiger partial charge in [0.15, 0.2) is 11.0 Å². The van der Waals surface area contributed by atoms with Crippen molar-refractivity contribution in [2.24, 2.45) is 0 Å². The first-order valence-electron chi connectivity index (χ1n) is 7.94. The van der Waals surface area contributed by atoms with Gasteiger partial charge in [0, 0.05) is 17.3 Å². The highest BCUT2D eigenvalue weighted by Gasteiger charge is 2.17. The minimum atomic E-state index is -0.355. The number of rotatable bonds is 6. The number of aromatic nitrogens is 3. The number of hydrogen-bond acceptors (Lipinski definition) is 4. The van der Waals surface area contributed by atoms with Crippen LogP contribution >= 0.6 is 23.4 Å². The van der Waals surface area contributed by atoms with Crippen molar-refractivity contribution in [2.75, 3.05) is 11.1 Å². The van der Waals surface area contributed by atoms with E-state index < -0.39 is 0 Å². The van der Waals surface area contributed by atoms with Gasteiger partial charge in [-0.2, -0.15) is 0 Å². The molecule has 1 N–H and O–H groups in total. The highest BCUT2D eigenvalue weighted by molar-refractivity contribution is 7.99. The number of benzene rings is 2. The maximum atomic E-state index is 14.0. The molecule has 1 aromatic heterocycles. The molecule has 0 radical (unpaired) electrons. The number of halogens is 2. The van der Waals surface area contributed by atoms with E-state index in [1.165, 1.54) is 17.8 Å². The van der Waals surface area contributed by atoms with E-state index in [0.717, 1.165) is 0 Å². The van der Waals surface area contributed by atoms with Crippen molar-refractivity contribution in [3.63, 3.8) is 0 Å². The molecule has 1 heterocycles. The largest absolute Gasteiger partial charge is 0.325 e. The van der Waals surface area contributed by atoms with Gasteiger partial charge in [-0.3, -0.25) is 4.79 Å². The van der Waals surface area contributed by atoms with Gasteiger partial charge in [0.05, 0.1) is 11.3 Å². The van der Waals surface area contributed by atoms with Crippen LogP contribution in [0.25, 0.3) is 11.4 Å². The Kier molecular flexibility index (Phi) is 5.90. The van der Waals surface area contributed by atoms with Crippen molar-refractivity contribution in [3.05, 3.63) is 59.4 Å². The summed E-state index contributed by atoms with van der Waals surface area (Å²) < 4.78 is 15.8. The molecule has 0 saturated heterocycles. The molecule has 3 rings (SSSR count). The Balaban J connectivity index is 1.69. The van der Waals surface area contributed by atoms with Gasteiger partial charge in [-0.25, -0.2) is 4.39 Å². The van der Waals surface area contributed by atoms with Crippen molar-refractivity contribution in [2.45, 2.75) is 18.6 Å². The minimum absolute atomic E-state index is 0.165. The highest BCUT2D eigenvalue weighted by atomic mass is 35.5. The SMILES string of the molecule is CCn1c(SCC(=O)Nc2ccc(Cl)cc2)nnc1-c1ccccc1F. The summed E-state index contributed by atoms with van der Waals surface area (Å²) in [6.07, 6.45) is 0. The zero-order valence-corrected chi connectivity index (χ0v) is 15.5. The van der Waals surface area contributed by atoms with Crippen molar-refractivity contribution < 1.29 is 9.18 Å². The first-order chi connectivity index (χ1) is 12.6. The predicted molar refractivity (Wildman–Crippen MR) is 102 cm³/mol. The standard InChI is InChI=1S/C18H16ClFN4OS/c1-2-24-17(14-5-3-4-6-15(14)20)22-23-18(24)26-11-16(25)21-13-9-7-12(19)8-10-13/h3-10H,2,11H2,1H3,(H,21,25). The Hall–Kier alpha value is -2.38. The monoisotopic (exact) mass is 390 g/mol. The van der Waals surface area contributed by atoms with E-state index in [0.29, 0.717) is 33.8 Å². The van der Waals surface area contributed by atoms with Crippen LogP contribution in [0.3, 0.4) is 0 Å². The van der Waals surface area contributed by atoms with Crippen LogP contribution in [-0.2, 0) is 11.3 Å². The molecule has 0 aliphatic carbocycles. The van der Waals surface area contributed by atoms with E-state index >= 15 is 0 Å². The molecule has 0 unspecified atom stereocenters. The molecule has 3 aromatic rings. The van der Waals surface area contributed by atoms with Crippen LogP contribution in [0, 0.1) is 5.82 Å². The average molecular weight is 391 g/mol. The summed E-state index contributed by atoms with van der Waals surface area (Å²) in [5.74, 6) is 0.0890. The van der Waals surface area contributed by atoms with E-state index in [2.05, 4.69) is 15.5 Å². The van der Waals surface area contributed by atoms with Crippen LogP contribution in [0.2, 0.25) is 5.02 Å². The van der Waals surface area contributed by atoms with Gasteiger partial charge in [-0.15, -0.1) is 10.2 Å². The predicted octanol–water partition coefficient (Wildman–Crippen LogP) is 4.49. The van der Waals surface area contributed by atoms with Gasteiger partial charge in [-0.05, 0) is 43.3 Å². The molecule has 0 atom stereocenters. The number of anilines is 1. The van der Waals surface area contributed by atoms with E-state index in [1.807, 2.05) is 6.92 Å². The smallest absolute Gasteiger partial charge is 0.234 e. The first kappa shape index (κ1) is 18.4. The number of carbonyl (C=O) groups is 1. The Morgan fingerprint density at radius 2 is 1.92 bits per heavy atom. The molecule has 0 saturated carbocycles. The fraction of sp³-hybridized carbons (Fsp3) is 0.167. The fourth-order valence-electron chi connectivity index (χ4n) is 2.38. The van der Waals surface area contributed by atoms with E-state index in [4.69, 9.17) is 11.6 Å². The third kappa shape index (κ3) is 4.23. The Morgan fingerprint density at radius 3 is 2.62 bits per heavy atom. The van der Waals surface area contributed by atoms with Crippen LogP contribution in [0.1, 0.15) is 6.92 Å². The second-order valence-corrected chi connectivity index (χ2v) is 6.75. The first-order valence-corrected chi connectivity index (χ1v) is 9.31. The lowest BCUT2D eigenvalue weighted by atomic mass is 10.2. The highest BCUT2D eigenvalue weighted by Crippen LogP contribution is 2.26. The quantitative estimate of drug-likeness (QED) is 0.630. The molecule has 0 spiro atoms. The number of hydrogen-bond donors (Lipinski definition) is 1. The van der Waals surface area contributed by atoms with Gasteiger partial charge < -0.3 is 9.88 Å². The molecule has 26 heavy (non-hydrogen) atoms. The van der Waals surface area contributed by atoms with Gasteiger partial charge >= 0.3 is 0 Å². The van der Waals surface area contributed by atoms with Gasteiger partial charge in [-0.1, -0.05) is 35.5 Å². The molecule has 2 aromatic carbocycles. The Labute approximate surface area is 159 Å². The van der Waals surface area contributed by atoms with E-state index in [-0.39, 0.29) is 17.5 Å². The third-order valence-electron chi connectivity index (χ3n) is 3.61. The molecule has 5 nitrogen and oxygen atoms in total. The fourth-order valence-corrected chi connectivity index (χ4v) is 3.31. The molecule has 0 aliphatic rings. The number of thioether (sulfide) groups is 1. The van der Waals surface area contributed by atoms with Crippen molar-refractivity contribution in [1.82, 2.24) is 14.8 Å². The lowest BCUT2D eigenvalue weighted by molar-refractivity contribution is -0.113. The topological polar surface area (TPSA) is 59.8 Å². The summed E-state index contributed by atoms with van der Waals surface area (Å²) in [6.45, 7) is 2.49. The maximum Gasteiger partial charge on any atom is 0.234 e. The lowest BCUT2D eigenvalue weighted by Gasteiger charge is -2.08. The van der Waals surface area contributed by atoms with Crippen molar-refractivity contribution >= 4 is 35.0 Å². The van der Waals surface area contributed by atoms with Gasteiger partial charge in [0.2, 0.25) is 5.91 Å². The van der Waals surface area contributed by atoms with Gasteiger partial charge in [0.1, 0.15) is 5.82 Å². The normalized spacial score (nSPS) is 10.7. The molecule has 134 valence electrons. The summed E-state index contributed by atoms with van der Waals surface area (Å²) in [5.41, 5.74) is 1.06. The van der Waals surface area contributed by atoms with Crippen LogP contribution in [0.15, 0.2) is 53.7 Å². The van der Waals surface area contributed by atoms with Crippen LogP contribution in [-0.4, -0.2) is 26.4 Å². The van der Waals surface area contributed by atoms with Crippen LogP contribution in [0.4, 0.5) is 10.1 Å². The Bertz CT molecular complexity index is 914. The minimum Gasteiger partial charge on any atom is -0.325 e. The lowest BCUT2D eigenvalue weighted by Crippen LogP contribution is -2.14. The maximum absolute atomic E-state index is 14.0. The van der Waals surface area contributed by atoms with E-state index in [9.17, 15) is 9.18 Å². The van der Waals surface area contributed by atoms with Gasteiger partial charge in [0.25, 0.3) is 0 Å². The number of amides is 1. The van der Waals surface area contributed by atoms with Crippen LogP contribution in [0.5, 0.6) is 0 Å². The van der Waals surface area contributed by atoms with E-state index in [1.54, 1.807) is 47.0 Å². The average Bonchev–Trinajstić information content (AvgIpc) is 3.05. The molecular weight excluding hydrogens is 375 g/mol. The summed E-state index contributed by atoms with van der Waals surface area (Å²) in [5, 5.41) is 12.2. The zero-order chi connectivity index (χ0) is 18.5. The summed E-state index contributed by atoms with van der Waals surface area (Å²) >= 11 is 7.08. The van der Waals surface area contributed by atoms with Crippen molar-refractivity contribution in [3.8, 4) is 11.4 Å². The van der Waals surface area contributed by atoms with Crippen LogP contribution < -0.4 is 5.32 Å². The second-order valence-electron chi connectivity index (χ2n) is 5.37. The second kappa shape index (κ2) is 8.33. The number of nitrogens with zero attached hydrogens (tertiary/aromatic N) is 3. The molecule has 1 amide bonds. The summed E-state index contributed by atoms with van der Waals surface area (Å²) in [7, 11) is 0.